The van der Waals surface area contributed by atoms with E-state index in [4.69, 9.17) is 0 Å². The van der Waals surface area contributed by atoms with Crippen molar-refractivity contribution in [1.82, 2.24) is 10.2 Å². The predicted molar refractivity (Wildman–Crippen MR) is 83.7 cm³/mol. The van der Waals surface area contributed by atoms with Crippen LogP contribution in [0, 0.1) is 23.7 Å². The Labute approximate surface area is 124 Å². The highest BCUT2D eigenvalue weighted by atomic mass is 15.2. The fraction of sp³-hybridized carbons (Fsp3) is 1.00. The Kier molecular flexibility index (Phi) is 3.58. The van der Waals surface area contributed by atoms with E-state index >= 15 is 0 Å². The average molecular weight is 276 g/mol. The summed E-state index contributed by atoms with van der Waals surface area (Å²) in [7, 11) is 0. The number of hydrogen-bond donors (Lipinski definition) is 1. The smallest absolute Gasteiger partial charge is 0.0190 e. The molecule has 0 radical (unpaired) electrons. The van der Waals surface area contributed by atoms with E-state index < -0.39 is 0 Å². The van der Waals surface area contributed by atoms with Crippen molar-refractivity contribution in [1.29, 1.82) is 0 Å². The van der Waals surface area contributed by atoms with Gasteiger partial charge in [0, 0.05) is 18.6 Å². The zero-order valence-electron chi connectivity index (χ0n) is 13.2. The minimum absolute atomic E-state index is 0.567. The van der Waals surface area contributed by atoms with Crippen molar-refractivity contribution in [2.45, 2.75) is 63.8 Å². The molecule has 4 saturated carbocycles. The maximum Gasteiger partial charge on any atom is 0.0190 e. The summed E-state index contributed by atoms with van der Waals surface area (Å²) in [4.78, 5) is 2.69. The zero-order valence-corrected chi connectivity index (χ0v) is 13.2. The molecule has 2 heteroatoms. The molecule has 0 spiro atoms. The van der Waals surface area contributed by atoms with Crippen molar-refractivity contribution in [3.63, 3.8) is 0 Å². The summed E-state index contributed by atoms with van der Waals surface area (Å²) in [6.07, 6.45) is 12.0. The van der Waals surface area contributed by atoms with E-state index in [1.165, 1.54) is 58.3 Å². The number of likely N-dealkylation sites (tertiary alicyclic amines) is 1. The molecule has 5 rings (SSSR count). The lowest BCUT2D eigenvalue weighted by Crippen LogP contribution is -2.59. The topological polar surface area (TPSA) is 15.3 Å². The molecule has 0 aromatic rings. The molecule has 0 amide bonds. The molecule has 114 valence electrons. The largest absolute Gasteiger partial charge is 0.310 e. The second kappa shape index (κ2) is 5.28. The normalized spacial score (nSPS) is 45.1. The van der Waals surface area contributed by atoms with Gasteiger partial charge in [-0.05, 0) is 88.1 Å². The van der Waals surface area contributed by atoms with Crippen molar-refractivity contribution >= 4 is 0 Å². The molecule has 4 bridgehead atoms. The van der Waals surface area contributed by atoms with Crippen LogP contribution in [0.2, 0.25) is 0 Å². The second-order valence-corrected chi connectivity index (χ2v) is 8.65. The first-order chi connectivity index (χ1) is 9.71. The molecule has 0 aromatic heterocycles. The van der Waals surface area contributed by atoms with E-state index in [-0.39, 0.29) is 0 Å². The van der Waals surface area contributed by atoms with Gasteiger partial charge < -0.3 is 10.2 Å². The Morgan fingerprint density at radius 2 is 1.50 bits per heavy atom. The minimum Gasteiger partial charge on any atom is -0.310 e. The summed E-state index contributed by atoms with van der Waals surface area (Å²) < 4.78 is 0. The van der Waals surface area contributed by atoms with Gasteiger partial charge in [0.05, 0.1) is 0 Å². The Bertz CT molecular complexity index is 308. The van der Waals surface area contributed by atoms with Crippen molar-refractivity contribution in [3.05, 3.63) is 0 Å². The van der Waals surface area contributed by atoms with Gasteiger partial charge in [0.1, 0.15) is 0 Å². The lowest BCUT2D eigenvalue weighted by Gasteiger charge is -2.57. The van der Waals surface area contributed by atoms with E-state index in [0.29, 0.717) is 5.54 Å². The maximum atomic E-state index is 4.04. The number of nitrogens with zero attached hydrogens (tertiary/aromatic N) is 1. The molecule has 5 aliphatic rings. The van der Waals surface area contributed by atoms with E-state index in [1.54, 1.807) is 19.3 Å². The molecule has 20 heavy (non-hydrogen) atoms. The van der Waals surface area contributed by atoms with Crippen molar-refractivity contribution in [2.75, 3.05) is 26.2 Å². The first kappa shape index (κ1) is 13.6. The van der Waals surface area contributed by atoms with Crippen LogP contribution in [0.3, 0.4) is 0 Å². The van der Waals surface area contributed by atoms with E-state index in [2.05, 4.69) is 17.1 Å². The molecule has 1 N–H and O–H groups in total. The zero-order chi connectivity index (χ0) is 13.6. The second-order valence-electron chi connectivity index (χ2n) is 8.65. The SMILES string of the molecule is CC1CCN(CCNC23CC4CC(CC(C4)C2)C3)CC1. The van der Waals surface area contributed by atoms with Gasteiger partial charge in [0.2, 0.25) is 0 Å². The molecule has 1 aliphatic heterocycles. The number of nitrogens with one attached hydrogen (secondary N) is 1. The monoisotopic (exact) mass is 276 g/mol. The molecule has 2 nitrogen and oxygen atoms in total. The highest BCUT2D eigenvalue weighted by molar-refractivity contribution is 5.06. The Morgan fingerprint density at radius 1 is 0.950 bits per heavy atom. The standard InChI is InChI=1S/C18H32N2/c1-14-2-5-20(6-3-14)7-4-19-18-11-15-8-16(12-18)10-17(9-15)13-18/h14-17,19H,2-13H2,1H3. The molecule has 0 unspecified atom stereocenters. The number of rotatable bonds is 4. The molecule has 5 fully saturated rings. The number of hydrogen-bond acceptors (Lipinski definition) is 2. The van der Waals surface area contributed by atoms with Gasteiger partial charge in [-0.15, -0.1) is 0 Å². The van der Waals surface area contributed by atoms with E-state index in [9.17, 15) is 0 Å². The molecule has 0 atom stereocenters. The predicted octanol–water partition coefficient (Wildman–Crippen LogP) is 3.28. The third-order valence-corrected chi connectivity index (χ3v) is 6.84. The Hall–Kier alpha value is -0.0800. The Balaban J connectivity index is 1.27. The van der Waals surface area contributed by atoms with Crippen LogP contribution in [0.25, 0.3) is 0 Å². The van der Waals surface area contributed by atoms with Crippen molar-refractivity contribution in [3.8, 4) is 0 Å². The maximum absolute atomic E-state index is 4.04. The first-order valence-electron chi connectivity index (χ1n) is 9.18. The van der Waals surface area contributed by atoms with Crippen LogP contribution < -0.4 is 5.32 Å². The highest BCUT2D eigenvalue weighted by Gasteiger charge is 2.50. The van der Waals surface area contributed by atoms with Crippen LogP contribution in [-0.2, 0) is 0 Å². The van der Waals surface area contributed by atoms with Crippen LogP contribution >= 0.6 is 0 Å². The minimum atomic E-state index is 0.567. The molecule has 1 saturated heterocycles. The van der Waals surface area contributed by atoms with Crippen molar-refractivity contribution in [2.24, 2.45) is 23.7 Å². The molecular weight excluding hydrogens is 244 g/mol. The van der Waals surface area contributed by atoms with Gasteiger partial charge in [0.25, 0.3) is 0 Å². The van der Waals surface area contributed by atoms with Crippen LogP contribution in [0.1, 0.15) is 58.3 Å². The summed E-state index contributed by atoms with van der Waals surface area (Å²) in [5, 5.41) is 4.04. The van der Waals surface area contributed by atoms with Crippen LogP contribution in [0.4, 0.5) is 0 Å². The fourth-order valence-corrected chi connectivity index (χ4v) is 6.09. The summed E-state index contributed by atoms with van der Waals surface area (Å²) in [6.45, 7) is 7.60. The summed E-state index contributed by atoms with van der Waals surface area (Å²) in [5.41, 5.74) is 0.567. The molecular formula is C18H32N2. The summed E-state index contributed by atoms with van der Waals surface area (Å²) in [6, 6.07) is 0. The fourth-order valence-electron chi connectivity index (χ4n) is 6.09. The van der Waals surface area contributed by atoms with Crippen molar-refractivity contribution < 1.29 is 0 Å². The van der Waals surface area contributed by atoms with E-state index in [0.717, 1.165) is 23.7 Å². The molecule has 1 heterocycles. The quantitative estimate of drug-likeness (QED) is 0.848. The van der Waals surface area contributed by atoms with Crippen LogP contribution in [0.15, 0.2) is 0 Å². The molecule has 4 aliphatic carbocycles. The van der Waals surface area contributed by atoms with Crippen LogP contribution in [-0.4, -0.2) is 36.6 Å². The van der Waals surface area contributed by atoms with Gasteiger partial charge in [-0.3, -0.25) is 0 Å². The van der Waals surface area contributed by atoms with Gasteiger partial charge in [0.15, 0.2) is 0 Å². The van der Waals surface area contributed by atoms with Crippen LogP contribution in [0.5, 0.6) is 0 Å². The van der Waals surface area contributed by atoms with Gasteiger partial charge in [-0.2, -0.15) is 0 Å². The van der Waals surface area contributed by atoms with Gasteiger partial charge in [-0.1, -0.05) is 6.92 Å². The lowest BCUT2D eigenvalue weighted by molar-refractivity contribution is -0.0206. The summed E-state index contributed by atoms with van der Waals surface area (Å²) >= 11 is 0. The third-order valence-electron chi connectivity index (χ3n) is 6.84. The van der Waals surface area contributed by atoms with Gasteiger partial charge >= 0.3 is 0 Å². The van der Waals surface area contributed by atoms with E-state index in [1.807, 2.05) is 0 Å². The lowest BCUT2D eigenvalue weighted by atomic mass is 9.53. The number of piperidine rings is 1. The van der Waals surface area contributed by atoms with Gasteiger partial charge in [-0.25, -0.2) is 0 Å². The third kappa shape index (κ3) is 2.66. The summed E-state index contributed by atoms with van der Waals surface area (Å²) in [5.74, 6) is 4.18. The Morgan fingerprint density at radius 3 is 2.05 bits per heavy atom. The highest BCUT2D eigenvalue weighted by Crippen LogP contribution is 2.55. The average Bonchev–Trinajstić information content (AvgIpc) is 2.39. The molecule has 0 aromatic carbocycles. The first-order valence-corrected chi connectivity index (χ1v) is 9.18.